The Kier molecular flexibility index (Phi) is 5.69. The van der Waals surface area contributed by atoms with Crippen molar-refractivity contribution in [2.45, 2.75) is 51.6 Å². The number of carbonyl (C=O) groups is 2. The fraction of sp³-hybridized carbons (Fsp3) is 0.476. The first kappa shape index (κ1) is 19.3. The molecule has 0 radical (unpaired) electrons. The maximum absolute atomic E-state index is 12.6. The third kappa shape index (κ3) is 4.52. The van der Waals surface area contributed by atoms with E-state index in [1.165, 1.54) is 0 Å². The fourth-order valence-corrected chi connectivity index (χ4v) is 3.95. The van der Waals surface area contributed by atoms with Gasteiger partial charge in [-0.25, -0.2) is 4.98 Å². The smallest absolute Gasteiger partial charge is 0.231 e. The molecule has 0 saturated heterocycles. The zero-order valence-corrected chi connectivity index (χ0v) is 16.5. The van der Waals surface area contributed by atoms with Crippen LogP contribution in [0.25, 0.3) is 0 Å². The highest BCUT2D eigenvalue weighted by Gasteiger charge is 2.31. The average molecular weight is 398 g/mol. The van der Waals surface area contributed by atoms with Crippen molar-refractivity contribution in [2.24, 2.45) is 5.92 Å². The number of benzene rings is 1. The van der Waals surface area contributed by atoms with E-state index in [0.29, 0.717) is 36.6 Å². The van der Waals surface area contributed by atoms with Gasteiger partial charge in [-0.05, 0) is 31.4 Å². The number of aryl methyl sites for hydroxylation is 2. The van der Waals surface area contributed by atoms with E-state index >= 15 is 0 Å². The zero-order valence-electron chi connectivity index (χ0n) is 16.5. The number of hydrogen-bond acceptors (Lipinski definition) is 5. The highest BCUT2D eigenvalue weighted by atomic mass is 16.7. The van der Waals surface area contributed by atoms with Crippen LogP contribution in [0.4, 0.5) is 5.69 Å². The highest BCUT2D eigenvalue weighted by molar-refractivity contribution is 5.93. The SMILES string of the molecule is CCc1nccn1CCC(=O)N[C@@H]1CC[C@H](C(=O)Nc2ccc3c(c2)OCO3)C1. The summed E-state index contributed by atoms with van der Waals surface area (Å²) in [7, 11) is 0. The van der Waals surface area contributed by atoms with Crippen molar-refractivity contribution in [3.05, 3.63) is 36.4 Å². The van der Waals surface area contributed by atoms with Crippen LogP contribution in [0, 0.1) is 5.92 Å². The molecule has 154 valence electrons. The standard InChI is InChI=1S/C21H26N4O4/c1-2-19-22-8-10-25(19)9-7-20(26)23-15-4-3-14(11-15)21(27)24-16-5-6-17-18(12-16)29-13-28-17/h5-6,8,10,12,14-15H,2-4,7,9,11,13H2,1H3,(H,23,26)(H,24,27)/t14-,15+/m0/s1. The number of ether oxygens (including phenoxy) is 2. The lowest BCUT2D eigenvalue weighted by Crippen LogP contribution is -2.34. The van der Waals surface area contributed by atoms with Crippen molar-refractivity contribution in [1.29, 1.82) is 0 Å². The maximum atomic E-state index is 12.6. The Morgan fingerprint density at radius 2 is 2.10 bits per heavy atom. The van der Waals surface area contributed by atoms with E-state index in [-0.39, 0.29) is 30.6 Å². The quantitative estimate of drug-likeness (QED) is 0.747. The molecule has 2 aromatic rings. The number of rotatable bonds is 7. The van der Waals surface area contributed by atoms with E-state index in [1.807, 2.05) is 17.7 Å². The lowest BCUT2D eigenvalue weighted by Gasteiger charge is -2.14. The first-order valence-corrected chi connectivity index (χ1v) is 10.1. The molecule has 8 heteroatoms. The number of nitrogens with zero attached hydrogens (tertiary/aromatic N) is 2. The summed E-state index contributed by atoms with van der Waals surface area (Å²) in [5.74, 6) is 2.20. The fourth-order valence-electron chi connectivity index (χ4n) is 3.95. The zero-order chi connectivity index (χ0) is 20.2. The molecule has 2 N–H and O–H groups in total. The number of anilines is 1. The number of imidazole rings is 1. The van der Waals surface area contributed by atoms with Crippen LogP contribution in [0.15, 0.2) is 30.6 Å². The minimum atomic E-state index is -0.105. The molecule has 1 fully saturated rings. The van der Waals surface area contributed by atoms with Crippen molar-refractivity contribution in [1.82, 2.24) is 14.9 Å². The first-order valence-electron chi connectivity index (χ1n) is 10.1. The van der Waals surface area contributed by atoms with Gasteiger partial charge in [0.2, 0.25) is 18.6 Å². The van der Waals surface area contributed by atoms with Crippen molar-refractivity contribution in [3.8, 4) is 11.5 Å². The molecule has 4 rings (SSSR count). The molecule has 1 aliphatic heterocycles. The number of carbonyl (C=O) groups excluding carboxylic acids is 2. The molecule has 1 aliphatic carbocycles. The van der Waals surface area contributed by atoms with E-state index in [0.717, 1.165) is 25.1 Å². The maximum Gasteiger partial charge on any atom is 0.231 e. The Labute approximate surface area is 169 Å². The lowest BCUT2D eigenvalue weighted by molar-refractivity contribution is -0.122. The van der Waals surface area contributed by atoms with Crippen LogP contribution in [-0.2, 0) is 22.6 Å². The van der Waals surface area contributed by atoms with Gasteiger partial charge in [0.1, 0.15) is 5.82 Å². The van der Waals surface area contributed by atoms with Gasteiger partial charge in [-0.2, -0.15) is 0 Å². The first-order chi connectivity index (χ1) is 14.1. The molecular weight excluding hydrogens is 372 g/mol. The summed E-state index contributed by atoms with van der Waals surface area (Å²) in [5, 5.41) is 6.02. The topological polar surface area (TPSA) is 94.5 Å². The number of nitrogens with one attached hydrogen (secondary N) is 2. The number of fused-ring (bicyclic) bond motifs is 1. The van der Waals surface area contributed by atoms with Crippen molar-refractivity contribution in [2.75, 3.05) is 12.1 Å². The molecule has 2 heterocycles. The van der Waals surface area contributed by atoms with E-state index in [2.05, 4.69) is 15.6 Å². The summed E-state index contributed by atoms with van der Waals surface area (Å²) in [6.07, 6.45) is 7.16. The van der Waals surface area contributed by atoms with Crippen molar-refractivity contribution in [3.63, 3.8) is 0 Å². The van der Waals surface area contributed by atoms with E-state index in [4.69, 9.17) is 9.47 Å². The normalized spacial score (nSPS) is 19.9. The molecule has 1 saturated carbocycles. The predicted molar refractivity (Wildman–Crippen MR) is 107 cm³/mol. The summed E-state index contributed by atoms with van der Waals surface area (Å²) >= 11 is 0. The second-order valence-electron chi connectivity index (χ2n) is 7.47. The van der Waals surface area contributed by atoms with Gasteiger partial charge < -0.3 is 24.7 Å². The summed E-state index contributed by atoms with van der Waals surface area (Å²) in [5.41, 5.74) is 0.693. The molecule has 0 spiro atoms. The van der Waals surface area contributed by atoms with Gasteiger partial charge in [0, 0.05) is 55.5 Å². The number of hydrogen-bond donors (Lipinski definition) is 2. The van der Waals surface area contributed by atoms with Crippen LogP contribution in [0.2, 0.25) is 0 Å². The van der Waals surface area contributed by atoms with E-state index in [9.17, 15) is 9.59 Å². The molecule has 0 unspecified atom stereocenters. The lowest BCUT2D eigenvalue weighted by atomic mass is 10.1. The van der Waals surface area contributed by atoms with Gasteiger partial charge in [-0.1, -0.05) is 6.92 Å². The van der Waals surface area contributed by atoms with Crippen LogP contribution >= 0.6 is 0 Å². The second-order valence-corrected chi connectivity index (χ2v) is 7.47. The van der Waals surface area contributed by atoms with Gasteiger partial charge in [0.15, 0.2) is 11.5 Å². The molecule has 2 amide bonds. The van der Waals surface area contributed by atoms with Crippen LogP contribution < -0.4 is 20.1 Å². The molecule has 0 bridgehead atoms. The van der Waals surface area contributed by atoms with Crippen LogP contribution in [0.1, 0.15) is 38.4 Å². The molecule has 2 aliphatic rings. The highest BCUT2D eigenvalue weighted by Crippen LogP contribution is 2.35. The Hall–Kier alpha value is -3.03. The molecule has 1 aromatic carbocycles. The summed E-state index contributed by atoms with van der Waals surface area (Å²) < 4.78 is 12.6. The number of aromatic nitrogens is 2. The summed E-state index contributed by atoms with van der Waals surface area (Å²) in [6.45, 7) is 2.87. The Morgan fingerprint density at radius 1 is 1.24 bits per heavy atom. The monoisotopic (exact) mass is 398 g/mol. The molecule has 8 nitrogen and oxygen atoms in total. The molecule has 29 heavy (non-hydrogen) atoms. The second kappa shape index (κ2) is 8.55. The predicted octanol–water partition coefficient (Wildman–Crippen LogP) is 2.49. The van der Waals surface area contributed by atoms with Gasteiger partial charge in [-0.15, -0.1) is 0 Å². The Bertz CT molecular complexity index is 895. The van der Waals surface area contributed by atoms with Crippen molar-refractivity contribution < 1.29 is 19.1 Å². The van der Waals surface area contributed by atoms with Gasteiger partial charge in [0.25, 0.3) is 0 Å². The number of amides is 2. The van der Waals surface area contributed by atoms with Gasteiger partial charge in [-0.3, -0.25) is 9.59 Å². The van der Waals surface area contributed by atoms with Gasteiger partial charge >= 0.3 is 0 Å². The van der Waals surface area contributed by atoms with Gasteiger partial charge in [0.05, 0.1) is 0 Å². The minimum Gasteiger partial charge on any atom is -0.454 e. The summed E-state index contributed by atoms with van der Waals surface area (Å²) in [6, 6.07) is 5.42. The van der Waals surface area contributed by atoms with Crippen LogP contribution in [-0.4, -0.2) is 34.2 Å². The van der Waals surface area contributed by atoms with Crippen molar-refractivity contribution >= 4 is 17.5 Å². The average Bonchev–Trinajstić information content (AvgIpc) is 3.46. The molecule has 2 atom stereocenters. The third-order valence-electron chi connectivity index (χ3n) is 5.51. The van der Waals surface area contributed by atoms with E-state index in [1.54, 1.807) is 24.4 Å². The van der Waals surface area contributed by atoms with Crippen LogP contribution in [0.5, 0.6) is 11.5 Å². The Morgan fingerprint density at radius 3 is 2.97 bits per heavy atom. The third-order valence-corrected chi connectivity index (χ3v) is 5.51. The molecular formula is C21H26N4O4. The Balaban J connectivity index is 1.23. The minimum absolute atomic E-state index is 0.0163. The molecule has 1 aromatic heterocycles. The van der Waals surface area contributed by atoms with E-state index < -0.39 is 0 Å². The summed E-state index contributed by atoms with van der Waals surface area (Å²) in [4.78, 5) is 29.2. The largest absolute Gasteiger partial charge is 0.454 e. The van der Waals surface area contributed by atoms with Crippen LogP contribution in [0.3, 0.4) is 0 Å².